The molecule has 0 aliphatic rings. The van der Waals surface area contributed by atoms with Crippen LogP contribution in [0.4, 0.5) is 0 Å². The molecule has 1 amide bonds. The zero-order valence-corrected chi connectivity index (χ0v) is 16.2. The van der Waals surface area contributed by atoms with Gasteiger partial charge in [0.2, 0.25) is 0 Å². The first kappa shape index (κ1) is 20.0. The third-order valence-electron chi connectivity index (χ3n) is 4.39. The number of benzene rings is 2. The van der Waals surface area contributed by atoms with Crippen LogP contribution in [0.25, 0.3) is 11.1 Å². The second kappa shape index (κ2) is 9.43. The molecule has 4 nitrogen and oxygen atoms in total. The van der Waals surface area contributed by atoms with E-state index in [1.165, 1.54) is 0 Å². The van der Waals surface area contributed by atoms with Gasteiger partial charge < -0.3 is 10.4 Å². The third kappa shape index (κ3) is 4.88. The molecule has 0 spiro atoms. The van der Waals surface area contributed by atoms with Gasteiger partial charge in [0.05, 0.1) is 0 Å². The van der Waals surface area contributed by atoms with E-state index in [0.717, 1.165) is 28.7 Å². The van der Waals surface area contributed by atoms with Crippen LogP contribution in [0.2, 0.25) is 0 Å². The van der Waals surface area contributed by atoms with Crippen molar-refractivity contribution in [3.63, 3.8) is 0 Å². The highest BCUT2D eigenvalue weighted by atomic mass is 32.2. The van der Waals surface area contributed by atoms with Crippen molar-refractivity contribution in [2.45, 2.75) is 32.7 Å². The third-order valence-corrected chi connectivity index (χ3v) is 5.03. The predicted molar refractivity (Wildman–Crippen MR) is 108 cm³/mol. The number of thioether (sulfide) groups is 1. The van der Waals surface area contributed by atoms with Crippen LogP contribution in [0.15, 0.2) is 42.5 Å². The molecule has 138 valence electrons. The monoisotopic (exact) mass is 371 g/mol. The zero-order chi connectivity index (χ0) is 19.1. The van der Waals surface area contributed by atoms with Crippen LogP contribution in [0.3, 0.4) is 0 Å². The molecule has 1 unspecified atom stereocenters. The zero-order valence-electron chi connectivity index (χ0n) is 15.4. The van der Waals surface area contributed by atoms with Crippen molar-refractivity contribution in [1.82, 2.24) is 5.32 Å². The highest BCUT2D eigenvalue weighted by Crippen LogP contribution is 2.28. The number of hydrogen-bond acceptors (Lipinski definition) is 3. The smallest absolute Gasteiger partial charge is 0.326 e. The quantitative estimate of drug-likeness (QED) is 0.731. The van der Waals surface area contributed by atoms with Gasteiger partial charge in [0.15, 0.2) is 0 Å². The Kier molecular flexibility index (Phi) is 7.27. The number of carboxylic acids is 1. The van der Waals surface area contributed by atoms with Gasteiger partial charge in [0.1, 0.15) is 6.04 Å². The van der Waals surface area contributed by atoms with Crippen molar-refractivity contribution in [3.8, 4) is 11.1 Å². The van der Waals surface area contributed by atoms with Gasteiger partial charge in [-0.25, -0.2) is 4.79 Å². The summed E-state index contributed by atoms with van der Waals surface area (Å²) in [6, 6.07) is 12.8. The number of carboxylic acid groups (broad SMARTS) is 1. The number of carbonyl (C=O) groups is 2. The maximum absolute atomic E-state index is 12.8. The summed E-state index contributed by atoms with van der Waals surface area (Å²) in [5, 5.41) is 12.1. The van der Waals surface area contributed by atoms with Gasteiger partial charge in [-0.15, -0.1) is 0 Å². The molecule has 0 aliphatic carbocycles. The summed E-state index contributed by atoms with van der Waals surface area (Å²) >= 11 is 1.56. The Morgan fingerprint density at radius 2 is 1.88 bits per heavy atom. The van der Waals surface area contributed by atoms with Crippen LogP contribution < -0.4 is 5.32 Å². The fourth-order valence-electron chi connectivity index (χ4n) is 2.84. The molecule has 26 heavy (non-hydrogen) atoms. The van der Waals surface area contributed by atoms with Gasteiger partial charge in [-0.1, -0.05) is 43.3 Å². The van der Waals surface area contributed by atoms with Crippen molar-refractivity contribution in [1.29, 1.82) is 0 Å². The number of nitrogens with one attached hydrogen (secondary N) is 1. The topological polar surface area (TPSA) is 66.4 Å². The molecule has 0 heterocycles. The number of carbonyl (C=O) groups excluding carboxylic acids is 1. The lowest BCUT2D eigenvalue weighted by atomic mass is 9.93. The average molecular weight is 372 g/mol. The lowest BCUT2D eigenvalue weighted by Gasteiger charge is -2.17. The van der Waals surface area contributed by atoms with Crippen LogP contribution in [-0.2, 0) is 11.2 Å². The molecule has 1 atom stereocenters. The summed E-state index contributed by atoms with van der Waals surface area (Å²) in [6.07, 6.45) is 3.18. The van der Waals surface area contributed by atoms with E-state index in [0.29, 0.717) is 17.7 Å². The van der Waals surface area contributed by atoms with Gasteiger partial charge in [0, 0.05) is 5.56 Å². The fourth-order valence-corrected chi connectivity index (χ4v) is 3.31. The van der Waals surface area contributed by atoms with E-state index in [1.807, 2.05) is 49.6 Å². The average Bonchev–Trinajstić information content (AvgIpc) is 2.64. The van der Waals surface area contributed by atoms with Crippen LogP contribution in [0.5, 0.6) is 0 Å². The summed E-state index contributed by atoms with van der Waals surface area (Å²) in [5.41, 5.74) is 4.55. The van der Waals surface area contributed by atoms with Crippen molar-refractivity contribution in [3.05, 3.63) is 59.2 Å². The van der Waals surface area contributed by atoms with Crippen LogP contribution in [0, 0.1) is 6.92 Å². The van der Waals surface area contributed by atoms with Gasteiger partial charge >= 0.3 is 5.97 Å². The first-order chi connectivity index (χ1) is 12.5. The summed E-state index contributed by atoms with van der Waals surface area (Å²) in [6.45, 7) is 4.08. The minimum absolute atomic E-state index is 0.348. The molecule has 0 saturated carbocycles. The fraction of sp³-hybridized carbons (Fsp3) is 0.333. The molecule has 0 fully saturated rings. The highest BCUT2D eigenvalue weighted by Gasteiger charge is 2.22. The number of hydrogen-bond donors (Lipinski definition) is 2. The maximum atomic E-state index is 12.8. The molecule has 2 rings (SSSR count). The van der Waals surface area contributed by atoms with Crippen LogP contribution in [0.1, 0.15) is 34.8 Å². The molecule has 2 aromatic rings. The molecule has 0 aliphatic heterocycles. The second-order valence-corrected chi connectivity index (χ2v) is 7.18. The SMILES string of the molecule is CCc1ccc(C(=O)NC(CCSC)C(=O)O)c(-c2ccccc2C)c1. The Hall–Kier alpha value is -2.27. The number of aryl methyl sites for hydroxylation is 2. The van der Waals surface area contributed by atoms with Gasteiger partial charge in [-0.05, 0) is 60.1 Å². The molecule has 2 N–H and O–H groups in total. The summed E-state index contributed by atoms with van der Waals surface area (Å²) in [7, 11) is 0. The number of rotatable bonds is 8. The first-order valence-electron chi connectivity index (χ1n) is 8.69. The lowest BCUT2D eigenvalue weighted by Crippen LogP contribution is -2.41. The van der Waals surface area contributed by atoms with E-state index in [-0.39, 0.29) is 5.91 Å². The van der Waals surface area contributed by atoms with E-state index >= 15 is 0 Å². The maximum Gasteiger partial charge on any atom is 0.326 e. The standard InChI is InChI=1S/C21H25NO3S/c1-4-15-9-10-17(18(13-15)16-8-6-5-7-14(16)2)20(23)22-19(21(24)25)11-12-26-3/h5-10,13,19H,4,11-12H2,1-3H3,(H,22,23)(H,24,25). The number of amides is 1. The predicted octanol–water partition coefficient (Wildman–Crippen LogP) is 4.16. The van der Waals surface area contributed by atoms with Crippen LogP contribution in [-0.4, -0.2) is 35.0 Å². The molecule has 0 bridgehead atoms. The number of aliphatic carboxylic acids is 1. The Morgan fingerprint density at radius 3 is 2.50 bits per heavy atom. The normalized spacial score (nSPS) is 11.8. The van der Waals surface area contributed by atoms with Gasteiger partial charge in [-0.3, -0.25) is 4.79 Å². The minimum Gasteiger partial charge on any atom is -0.480 e. The Morgan fingerprint density at radius 1 is 1.15 bits per heavy atom. The van der Waals surface area contributed by atoms with Crippen LogP contribution >= 0.6 is 11.8 Å². The highest BCUT2D eigenvalue weighted by molar-refractivity contribution is 7.98. The van der Waals surface area contributed by atoms with Gasteiger partial charge in [0.25, 0.3) is 5.91 Å². The summed E-state index contributed by atoms with van der Waals surface area (Å²) in [4.78, 5) is 24.3. The summed E-state index contributed by atoms with van der Waals surface area (Å²) < 4.78 is 0. The lowest BCUT2D eigenvalue weighted by molar-refractivity contribution is -0.139. The molecule has 2 aromatic carbocycles. The van der Waals surface area contributed by atoms with Gasteiger partial charge in [-0.2, -0.15) is 11.8 Å². The van der Waals surface area contributed by atoms with E-state index in [1.54, 1.807) is 17.8 Å². The minimum atomic E-state index is -1.00. The van der Waals surface area contributed by atoms with Crippen molar-refractivity contribution < 1.29 is 14.7 Å². The second-order valence-electron chi connectivity index (χ2n) is 6.19. The Labute approximate surface area is 159 Å². The van der Waals surface area contributed by atoms with E-state index < -0.39 is 12.0 Å². The van der Waals surface area contributed by atoms with E-state index in [2.05, 4.69) is 12.2 Å². The van der Waals surface area contributed by atoms with E-state index in [4.69, 9.17) is 0 Å². The first-order valence-corrected chi connectivity index (χ1v) is 10.1. The van der Waals surface area contributed by atoms with Crippen molar-refractivity contribution in [2.75, 3.05) is 12.0 Å². The molecule has 0 aromatic heterocycles. The van der Waals surface area contributed by atoms with E-state index in [9.17, 15) is 14.7 Å². The largest absolute Gasteiger partial charge is 0.480 e. The summed E-state index contributed by atoms with van der Waals surface area (Å²) in [5.74, 6) is -0.675. The van der Waals surface area contributed by atoms with Crippen molar-refractivity contribution in [2.24, 2.45) is 0 Å². The molecule has 0 saturated heterocycles. The molecule has 5 heteroatoms. The Balaban J connectivity index is 2.40. The van der Waals surface area contributed by atoms with Crippen molar-refractivity contribution >= 4 is 23.6 Å². The molecular weight excluding hydrogens is 346 g/mol. The Bertz CT molecular complexity index is 789. The molecule has 0 radical (unpaired) electrons. The molecular formula is C21H25NO3S.